The lowest BCUT2D eigenvalue weighted by atomic mass is 10.1. The molecule has 1 fully saturated rings. The first-order chi connectivity index (χ1) is 13.3. The van der Waals surface area contributed by atoms with E-state index in [0.717, 1.165) is 12.8 Å². The minimum absolute atomic E-state index is 0.271. The Bertz CT molecular complexity index is 886. The van der Waals surface area contributed by atoms with Crippen LogP contribution in [0.25, 0.3) is 0 Å². The fourth-order valence-corrected chi connectivity index (χ4v) is 2.97. The number of ether oxygens (including phenoxy) is 1. The summed E-state index contributed by atoms with van der Waals surface area (Å²) >= 11 is 0. The third-order valence-electron chi connectivity index (χ3n) is 4.58. The summed E-state index contributed by atoms with van der Waals surface area (Å²) in [5, 5.41) is 8.09. The van der Waals surface area contributed by atoms with Gasteiger partial charge < -0.3 is 19.4 Å². The van der Waals surface area contributed by atoms with Crippen LogP contribution in [-0.2, 0) is 0 Å². The molecule has 1 aromatic carbocycles. The Morgan fingerprint density at radius 2 is 1.79 bits per heavy atom. The van der Waals surface area contributed by atoms with Gasteiger partial charge in [-0.1, -0.05) is 0 Å². The number of methoxy groups -OCH3 is 1. The van der Waals surface area contributed by atoms with E-state index in [0.29, 0.717) is 25.0 Å². The standard InChI is InChI=1S/C18H20F3N5O2/c1-24(2)11-8-14(23-22-10-11)25-4-6-26(7-5-25)18(27)12-9-13(19)16(21)17(28-3)15(12)20/h8-10H,4-7H2,1-3H3. The van der Waals surface area contributed by atoms with E-state index in [2.05, 4.69) is 14.9 Å². The first kappa shape index (κ1) is 19.7. The Balaban J connectivity index is 1.74. The lowest BCUT2D eigenvalue weighted by Gasteiger charge is -2.35. The largest absolute Gasteiger partial charge is 0.491 e. The highest BCUT2D eigenvalue weighted by Crippen LogP contribution is 2.28. The number of hydrogen-bond acceptors (Lipinski definition) is 6. The van der Waals surface area contributed by atoms with Crippen molar-refractivity contribution >= 4 is 17.4 Å². The predicted octanol–water partition coefficient (Wildman–Crippen LogP) is 1.93. The number of piperazine rings is 1. The van der Waals surface area contributed by atoms with Crippen molar-refractivity contribution in [2.24, 2.45) is 0 Å². The monoisotopic (exact) mass is 395 g/mol. The molecule has 0 atom stereocenters. The molecule has 10 heteroatoms. The van der Waals surface area contributed by atoms with E-state index in [1.165, 1.54) is 4.90 Å². The van der Waals surface area contributed by atoms with Crippen LogP contribution in [-0.4, -0.2) is 68.4 Å². The topological polar surface area (TPSA) is 61.8 Å². The SMILES string of the molecule is COc1c(F)c(F)cc(C(=O)N2CCN(c3cc(N(C)C)cnn3)CC2)c1F. The number of benzene rings is 1. The normalized spacial score (nSPS) is 14.2. The number of aromatic nitrogens is 2. The molecule has 7 nitrogen and oxygen atoms in total. The summed E-state index contributed by atoms with van der Waals surface area (Å²) in [7, 11) is 4.79. The smallest absolute Gasteiger partial charge is 0.257 e. The molecular weight excluding hydrogens is 375 g/mol. The highest BCUT2D eigenvalue weighted by atomic mass is 19.2. The van der Waals surface area contributed by atoms with Crippen molar-refractivity contribution in [2.45, 2.75) is 0 Å². The molecule has 3 rings (SSSR count). The molecule has 2 heterocycles. The number of nitrogens with zero attached hydrogens (tertiary/aromatic N) is 5. The summed E-state index contributed by atoms with van der Waals surface area (Å²) in [4.78, 5) is 17.9. The number of hydrogen-bond donors (Lipinski definition) is 0. The molecule has 0 bridgehead atoms. The van der Waals surface area contributed by atoms with Crippen molar-refractivity contribution in [3.8, 4) is 5.75 Å². The van der Waals surface area contributed by atoms with Gasteiger partial charge in [-0.3, -0.25) is 4.79 Å². The molecule has 1 aliphatic rings. The summed E-state index contributed by atoms with van der Waals surface area (Å²) in [6.07, 6.45) is 1.64. The third-order valence-corrected chi connectivity index (χ3v) is 4.58. The number of halogens is 3. The van der Waals surface area contributed by atoms with Crippen molar-refractivity contribution in [3.63, 3.8) is 0 Å². The Morgan fingerprint density at radius 3 is 2.39 bits per heavy atom. The van der Waals surface area contributed by atoms with E-state index in [9.17, 15) is 18.0 Å². The fourth-order valence-electron chi connectivity index (χ4n) is 2.97. The number of carbonyl (C=O) groups excluding carboxylic acids is 1. The van der Waals surface area contributed by atoms with Gasteiger partial charge in [0.2, 0.25) is 5.82 Å². The lowest BCUT2D eigenvalue weighted by Crippen LogP contribution is -2.49. The van der Waals surface area contributed by atoms with Crippen molar-refractivity contribution in [1.29, 1.82) is 0 Å². The van der Waals surface area contributed by atoms with E-state index in [1.807, 2.05) is 30.0 Å². The summed E-state index contributed by atoms with van der Waals surface area (Å²) < 4.78 is 46.2. The molecule has 150 valence electrons. The van der Waals surface area contributed by atoms with E-state index < -0.39 is 34.7 Å². The van der Waals surface area contributed by atoms with Crippen LogP contribution in [0.3, 0.4) is 0 Å². The maximum Gasteiger partial charge on any atom is 0.257 e. The summed E-state index contributed by atoms with van der Waals surface area (Å²) in [5.41, 5.74) is 0.332. The van der Waals surface area contributed by atoms with Gasteiger partial charge in [-0.05, 0) is 6.07 Å². The second-order valence-electron chi connectivity index (χ2n) is 6.51. The van der Waals surface area contributed by atoms with Gasteiger partial charge in [0.25, 0.3) is 5.91 Å². The minimum Gasteiger partial charge on any atom is -0.491 e. The van der Waals surface area contributed by atoms with Crippen molar-refractivity contribution in [2.75, 3.05) is 57.2 Å². The molecule has 1 aliphatic heterocycles. The molecule has 0 aliphatic carbocycles. The molecule has 1 saturated heterocycles. The maximum atomic E-state index is 14.4. The first-order valence-electron chi connectivity index (χ1n) is 8.59. The average molecular weight is 395 g/mol. The van der Waals surface area contributed by atoms with Crippen LogP contribution in [0.1, 0.15) is 10.4 Å². The molecule has 1 aromatic heterocycles. The quantitative estimate of drug-likeness (QED) is 0.738. The number of rotatable bonds is 4. The zero-order chi connectivity index (χ0) is 20.4. The predicted molar refractivity (Wildman–Crippen MR) is 97.3 cm³/mol. The van der Waals surface area contributed by atoms with Crippen LogP contribution in [0.2, 0.25) is 0 Å². The van der Waals surface area contributed by atoms with Crippen molar-refractivity contribution in [1.82, 2.24) is 15.1 Å². The molecule has 0 unspecified atom stereocenters. The summed E-state index contributed by atoms with van der Waals surface area (Å²) in [5.74, 6) is -4.96. The van der Waals surface area contributed by atoms with Gasteiger partial charge in [0, 0.05) is 46.3 Å². The Kier molecular flexibility index (Phi) is 5.57. The number of carbonyl (C=O) groups is 1. The molecule has 28 heavy (non-hydrogen) atoms. The van der Waals surface area contributed by atoms with Gasteiger partial charge in [0.05, 0.1) is 24.6 Å². The zero-order valence-corrected chi connectivity index (χ0v) is 15.7. The van der Waals surface area contributed by atoms with Crippen LogP contribution >= 0.6 is 0 Å². The highest BCUT2D eigenvalue weighted by molar-refractivity contribution is 5.95. The van der Waals surface area contributed by atoms with Crippen LogP contribution in [0.15, 0.2) is 18.3 Å². The van der Waals surface area contributed by atoms with Gasteiger partial charge in [0.15, 0.2) is 23.2 Å². The van der Waals surface area contributed by atoms with Gasteiger partial charge in [-0.15, -0.1) is 5.10 Å². The Hall–Kier alpha value is -3.04. The van der Waals surface area contributed by atoms with Gasteiger partial charge in [0.1, 0.15) is 0 Å². The first-order valence-corrected chi connectivity index (χ1v) is 8.59. The average Bonchev–Trinajstić information content (AvgIpc) is 2.71. The zero-order valence-electron chi connectivity index (χ0n) is 15.7. The molecule has 0 saturated carbocycles. The summed E-state index contributed by atoms with van der Waals surface area (Å²) in [6, 6.07) is 2.44. The van der Waals surface area contributed by atoms with Crippen LogP contribution < -0.4 is 14.5 Å². The number of anilines is 2. The van der Waals surface area contributed by atoms with E-state index in [1.54, 1.807) is 6.20 Å². The van der Waals surface area contributed by atoms with Crippen molar-refractivity contribution in [3.05, 3.63) is 41.3 Å². The molecule has 0 N–H and O–H groups in total. The van der Waals surface area contributed by atoms with Gasteiger partial charge >= 0.3 is 0 Å². The van der Waals surface area contributed by atoms with E-state index in [4.69, 9.17) is 0 Å². The molecular formula is C18H20F3N5O2. The molecule has 1 amide bonds. The second-order valence-corrected chi connectivity index (χ2v) is 6.51. The van der Waals surface area contributed by atoms with Crippen molar-refractivity contribution < 1.29 is 22.7 Å². The second kappa shape index (κ2) is 7.91. The van der Waals surface area contributed by atoms with E-state index >= 15 is 0 Å². The van der Waals surface area contributed by atoms with Crippen LogP contribution in [0, 0.1) is 17.5 Å². The van der Waals surface area contributed by atoms with Gasteiger partial charge in [-0.2, -0.15) is 9.49 Å². The third kappa shape index (κ3) is 3.67. The summed E-state index contributed by atoms with van der Waals surface area (Å²) in [6.45, 7) is 1.43. The highest BCUT2D eigenvalue weighted by Gasteiger charge is 2.29. The van der Waals surface area contributed by atoms with Crippen LogP contribution in [0.5, 0.6) is 5.75 Å². The molecule has 0 radical (unpaired) electrons. The van der Waals surface area contributed by atoms with Gasteiger partial charge in [-0.25, -0.2) is 8.78 Å². The van der Waals surface area contributed by atoms with E-state index in [-0.39, 0.29) is 13.1 Å². The maximum absolute atomic E-state index is 14.4. The molecule has 0 spiro atoms. The lowest BCUT2D eigenvalue weighted by molar-refractivity contribution is 0.0740. The Morgan fingerprint density at radius 1 is 1.11 bits per heavy atom. The fraction of sp³-hybridized carbons (Fsp3) is 0.389. The number of amides is 1. The minimum atomic E-state index is -1.46. The van der Waals surface area contributed by atoms with Crippen LogP contribution in [0.4, 0.5) is 24.7 Å². The Labute approximate surface area is 160 Å². The molecule has 2 aromatic rings.